The van der Waals surface area contributed by atoms with Crippen LogP contribution in [0.4, 0.5) is 5.82 Å². The number of aromatic nitrogens is 1. The highest BCUT2D eigenvalue weighted by Crippen LogP contribution is 2.14. The first-order chi connectivity index (χ1) is 8.28. The fourth-order valence-electron chi connectivity index (χ4n) is 1.39. The van der Waals surface area contributed by atoms with Crippen LogP contribution in [-0.4, -0.2) is 12.1 Å². The van der Waals surface area contributed by atoms with Gasteiger partial charge < -0.3 is 15.2 Å². The van der Waals surface area contributed by atoms with Crippen molar-refractivity contribution in [3.05, 3.63) is 48.0 Å². The maximum atomic E-state index is 5.56. The SMILES string of the molecule is COc1ccc(COc2cccc(N)n2)cc1. The molecule has 0 spiro atoms. The molecule has 2 aromatic rings. The van der Waals surface area contributed by atoms with Gasteiger partial charge in [0.2, 0.25) is 5.88 Å². The number of methoxy groups -OCH3 is 1. The first-order valence-corrected chi connectivity index (χ1v) is 5.26. The molecule has 4 heteroatoms. The minimum Gasteiger partial charge on any atom is -0.497 e. The fourth-order valence-corrected chi connectivity index (χ4v) is 1.39. The van der Waals surface area contributed by atoms with Crippen molar-refractivity contribution in [3.63, 3.8) is 0 Å². The van der Waals surface area contributed by atoms with Gasteiger partial charge in [0.05, 0.1) is 7.11 Å². The molecule has 0 bridgehead atoms. The van der Waals surface area contributed by atoms with E-state index in [1.54, 1.807) is 19.2 Å². The second-order valence-electron chi connectivity index (χ2n) is 3.54. The Kier molecular flexibility index (Phi) is 3.45. The Balaban J connectivity index is 1.97. The molecule has 2 rings (SSSR count). The summed E-state index contributed by atoms with van der Waals surface area (Å²) in [7, 11) is 1.64. The molecule has 4 nitrogen and oxygen atoms in total. The third-order valence-electron chi connectivity index (χ3n) is 2.29. The van der Waals surface area contributed by atoms with Gasteiger partial charge in [0.15, 0.2) is 0 Å². The number of rotatable bonds is 4. The number of hydrogen-bond acceptors (Lipinski definition) is 4. The maximum absolute atomic E-state index is 5.56. The van der Waals surface area contributed by atoms with Crippen molar-refractivity contribution in [3.8, 4) is 11.6 Å². The van der Waals surface area contributed by atoms with Gasteiger partial charge in [0.1, 0.15) is 18.2 Å². The summed E-state index contributed by atoms with van der Waals surface area (Å²) in [5, 5.41) is 0. The van der Waals surface area contributed by atoms with Crippen molar-refractivity contribution in [2.45, 2.75) is 6.61 Å². The predicted octanol–water partition coefficient (Wildman–Crippen LogP) is 2.25. The number of benzene rings is 1. The summed E-state index contributed by atoms with van der Waals surface area (Å²) in [6, 6.07) is 13.0. The molecule has 0 aliphatic carbocycles. The summed E-state index contributed by atoms with van der Waals surface area (Å²) >= 11 is 0. The van der Waals surface area contributed by atoms with Crippen molar-refractivity contribution >= 4 is 5.82 Å². The zero-order chi connectivity index (χ0) is 12.1. The van der Waals surface area contributed by atoms with E-state index in [2.05, 4.69) is 4.98 Å². The van der Waals surface area contributed by atoms with E-state index in [1.807, 2.05) is 30.3 Å². The molecule has 0 aliphatic rings. The summed E-state index contributed by atoms with van der Waals surface area (Å²) in [6.07, 6.45) is 0. The van der Waals surface area contributed by atoms with E-state index in [1.165, 1.54) is 0 Å². The molecule has 1 heterocycles. The lowest BCUT2D eigenvalue weighted by Crippen LogP contribution is -1.98. The average molecular weight is 230 g/mol. The minimum absolute atomic E-state index is 0.456. The standard InChI is InChI=1S/C13H14N2O2/c1-16-11-7-5-10(6-8-11)9-17-13-4-2-3-12(14)15-13/h2-8H,9H2,1H3,(H2,14,15). The van der Waals surface area contributed by atoms with Crippen molar-refractivity contribution < 1.29 is 9.47 Å². The van der Waals surface area contributed by atoms with E-state index in [4.69, 9.17) is 15.2 Å². The molecule has 0 fully saturated rings. The summed E-state index contributed by atoms with van der Waals surface area (Å²) in [4.78, 5) is 4.05. The van der Waals surface area contributed by atoms with E-state index < -0.39 is 0 Å². The van der Waals surface area contributed by atoms with Crippen LogP contribution >= 0.6 is 0 Å². The first kappa shape index (κ1) is 11.3. The normalized spacial score (nSPS) is 9.94. The number of hydrogen-bond donors (Lipinski definition) is 1. The van der Waals surface area contributed by atoms with Crippen LogP contribution in [0.25, 0.3) is 0 Å². The van der Waals surface area contributed by atoms with E-state index in [-0.39, 0.29) is 0 Å². The van der Waals surface area contributed by atoms with E-state index in [9.17, 15) is 0 Å². The molecule has 1 aromatic carbocycles. The molecule has 17 heavy (non-hydrogen) atoms. The van der Waals surface area contributed by atoms with Crippen LogP contribution in [0.5, 0.6) is 11.6 Å². The second-order valence-corrected chi connectivity index (χ2v) is 3.54. The van der Waals surface area contributed by atoms with Gasteiger partial charge in [-0.05, 0) is 23.8 Å². The molecule has 0 unspecified atom stereocenters. The number of nitrogens with zero attached hydrogens (tertiary/aromatic N) is 1. The third-order valence-corrected chi connectivity index (χ3v) is 2.29. The van der Waals surface area contributed by atoms with Crippen LogP contribution in [0.2, 0.25) is 0 Å². The van der Waals surface area contributed by atoms with Crippen molar-refractivity contribution in [2.24, 2.45) is 0 Å². The van der Waals surface area contributed by atoms with Gasteiger partial charge in [-0.15, -0.1) is 0 Å². The smallest absolute Gasteiger partial charge is 0.215 e. The first-order valence-electron chi connectivity index (χ1n) is 5.26. The van der Waals surface area contributed by atoms with Gasteiger partial charge in [-0.2, -0.15) is 4.98 Å². The Morgan fingerprint density at radius 1 is 1.12 bits per heavy atom. The van der Waals surface area contributed by atoms with Crippen LogP contribution in [0.15, 0.2) is 42.5 Å². The highest BCUT2D eigenvalue weighted by Gasteiger charge is 1.98. The Bertz CT molecular complexity index is 483. The van der Waals surface area contributed by atoms with E-state index in [0.29, 0.717) is 18.3 Å². The van der Waals surface area contributed by atoms with Gasteiger partial charge in [-0.1, -0.05) is 18.2 Å². The summed E-state index contributed by atoms with van der Waals surface area (Å²) in [6.45, 7) is 0.459. The summed E-state index contributed by atoms with van der Waals surface area (Å²) in [5.74, 6) is 1.81. The number of nitrogen functional groups attached to an aromatic ring is 1. The summed E-state index contributed by atoms with van der Waals surface area (Å²) in [5.41, 5.74) is 6.61. The lowest BCUT2D eigenvalue weighted by atomic mass is 10.2. The monoisotopic (exact) mass is 230 g/mol. The fraction of sp³-hybridized carbons (Fsp3) is 0.154. The minimum atomic E-state index is 0.456. The van der Waals surface area contributed by atoms with Crippen molar-refractivity contribution in [1.29, 1.82) is 0 Å². The van der Waals surface area contributed by atoms with Gasteiger partial charge in [0.25, 0.3) is 0 Å². The lowest BCUT2D eigenvalue weighted by Gasteiger charge is -2.06. The Morgan fingerprint density at radius 2 is 1.88 bits per heavy atom. The van der Waals surface area contributed by atoms with Crippen molar-refractivity contribution in [2.75, 3.05) is 12.8 Å². The predicted molar refractivity (Wildman–Crippen MR) is 66.0 cm³/mol. The van der Waals surface area contributed by atoms with Gasteiger partial charge in [0, 0.05) is 6.07 Å². The molecular weight excluding hydrogens is 216 g/mol. The molecule has 88 valence electrons. The van der Waals surface area contributed by atoms with E-state index >= 15 is 0 Å². The number of nitrogens with two attached hydrogens (primary N) is 1. The molecule has 0 atom stereocenters. The number of pyridine rings is 1. The van der Waals surface area contributed by atoms with Crippen molar-refractivity contribution in [1.82, 2.24) is 4.98 Å². The van der Waals surface area contributed by atoms with Gasteiger partial charge >= 0.3 is 0 Å². The molecular formula is C13H14N2O2. The molecule has 1 aromatic heterocycles. The zero-order valence-electron chi connectivity index (χ0n) is 9.59. The van der Waals surface area contributed by atoms with Crippen LogP contribution in [0, 0.1) is 0 Å². The summed E-state index contributed by atoms with van der Waals surface area (Å²) < 4.78 is 10.6. The average Bonchev–Trinajstić information content (AvgIpc) is 2.37. The van der Waals surface area contributed by atoms with Crippen LogP contribution < -0.4 is 15.2 Å². The molecule has 0 amide bonds. The zero-order valence-corrected chi connectivity index (χ0v) is 9.59. The maximum Gasteiger partial charge on any atom is 0.215 e. The number of anilines is 1. The highest BCUT2D eigenvalue weighted by atomic mass is 16.5. The van der Waals surface area contributed by atoms with Gasteiger partial charge in [-0.3, -0.25) is 0 Å². The lowest BCUT2D eigenvalue weighted by molar-refractivity contribution is 0.294. The van der Waals surface area contributed by atoms with Crippen LogP contribution in [0.1, 0.15) is 5.56 Å². The molecule has 0 saturated heterocycles. The largest absolute Gasteiger partial charge is 0.497 e. The Morgan fingerprint density at radius 3 is 2.53 bits per heavy atom. The van der Waals surface area contributed by atoms with Crippen LogP contribution in [0.3, 0.4) is 0 Å². The van der Waals surface area contributed by atoms with Gasteiger partial charge in [-0.25, -0.2) is 0 Å². The quantitative estimate of drug-likeness (QED) is 0.875. The van der Waals surface area contributed by atoms with E-state index in [0.717, 1.165) is 11.3 Å². The Labute approximate surface area is 100 Å². The topological polar surface area (TPSA) is 57.4 Å². The molecule has 2 N–H and O–H groups in total. The molecule has 0 aliphatic heterocycles. The van der Waals surface area contributed by atoms with Crippen LogP contribution in [-0.2, 0) is 6.61 Å². The molecule has 0 radical (unpaired) electrons. The Hall–Kier alpha value is -2.23. The highest BCUT2D eigenvalue weighted by molar-refractivity contribution is 5.31. The number of ether oxygens (including phenoxy) is 2. The third kappa shape index (κ3) is 3.11. The second kappa shape index (κ2) is 5.21. The molecule has 0 saturated carbocycles.